The van der Waals surface area contributed by atoms with Crippen LogP contribution in [0, 0.1) is 11.3 Å². The number of hydrogen-bond acceptors (Lipinski definition) is 5. The van der Waals surface area contributed by atoms with E-state index in [4.69, 9.17) is 0 Å². The lowest BCUT2D eigenvalue weighted by Crippen LogP contribution is -2.37. The third-order valence-electron chi connectivity index (χ3n) is 6.36. The Morgan fingerprint density at radius 2 is 2.00 bits per heavy atom. The van der Waals surface area contributed by atoms with Gasteiger partial charge in [-0.2, -0.15) is 0 Å². The van der Waals surface area contributed by atoms with Crippen LogP contribution in [0.15, 0.2) is 54.3 Å². The number of carbonyl (C=O) groups is 1. The molecule has 6 nitrogen and oxygen atoms in total. The zero-order chi connectivity index (χ0) is 19.7. The van der Waals surface area contributed by atoms with Gasteiger partial charge in [-0.05, 0) is 67.4 Å². The van der Waals surface area contributed by atoms with Crippen LogP contribution in [0.1, 0.15) is 29.8 Å². The first-order valence-electron chi connectivity index (χ1n) is 10.2. The van der Waals surface area contributed by atoms with Gasteiger partial charge in [0.1, 0.15) is 0 Å². The maximum absolute atomic E-state index is 12.6. The van der Waals surface area contributed by atoms with Crippen molar-refractivity contribution in [2.24, 2.45) is 11.3 Å². The van der Waals surface area contributed by atoms with E-state index in [2.05, 4.69) is 42.3 Å². The SMILES string of the molecule is O=C(NCc1cccs1)C1CC12CCN(Cc1cccn1-c1ncccn1)CC2. The predicted octanol–water partition coefficient (Wildman–Crippen LogP) is 3.25. The second-order valence-electron chi connectivity index (χ2n) is 8.11. The van der Waals surface area contributed by atoms with Gasteiger partial charge in [-0.1, -0.05) is 6.07 Å². The summed E-state index contributed by atoms with van der Waals surface area (Å²) < 4.78 is 2.06. The number of amides is 1. The van der Waals surface area contributed by atoms with E-state index in [1.54, 1.807) is 23.7 Å². The van der Waals surface area contributed by atoms with Gasteiger partial charge in [-0.25, -0.2) is 9.97 Å². The van der Waals surface area contributed by atoms with Crippen molar-refractivity contribution in [3.8, 4) is 5.95 Å². The highest BCUT2D eigenvalue weighted by atomic mass is 32.1. The molecule has 2 fully saturated rings. The second-order valence-corrected chi connectivity index (χ2v) is 9.14. The van der Waals surface area contributed by atoms with Crippen LogP contribution >= 0.6 is 11.3 Å². The monoisotopic (exact) mass is 407 g/mol. The lowest BCUT2D eigenvalue weighted by Gasteiger charge is -2.32. The van der Waals surface area contributed by atoms with Gasteiger partial charge in [0.05, 0.1) is 6.54 Å². The highest BCUT2D eigenvalue weighted by Gasteiger charge is 2.58. The van der Waals surface area contributed by atoms with E-state index >= 15 is 0 Å². The number of aromatic nitrogens is 3. The van der Waals surface area contributed by atoms with E-state index < -0.39 is 0 Å². The molecule has 1 atom stereocenters. The summed E-state index contributed by atoms with van der Waals surface area (Å²) in [6.45, 7) is 3.62. The van der Waals surface area contributed by atoms with Crippen molar-refractivity contribution in [3.63, 3.8) is 0 Å². The van der Waals surface area contributed by atoms with Crippen molar-refractivity contribution in [2.45, 2.75) is 32.4 Å². The van der Waals surface area contributed by atoms with Crippen molar-refractivity contribution in [1.29, 1.82) is 0 Å². The standard InChI is InChI=1S/C22H25N5OS/c28-20(25-15-18-5-2-13-29-18)19-14-22(19)6-11-26(12-7-22)16-17-4-1-10-27(17)21-23-8-3-9-24-21/h1-5,8-10,13,19H,6-7,11-12,14-16H2,(H,25,28). The zero-order valence-corrected chi connectivity index (χ0v) is 17.1. The number of carbonyl (C=O) groups excluding carboxylic acids is 1. The average Bonchev–Trinajstić information content (AvgIpc) is 3.12. The maximum Gasteiger partial charge on any atom is 0.233 e. The summed E-state index contributed by atoms with van der Waals surface area (Å²) in [5.74, 6) is 1.15. The minimum Gasteiger partial charge on any atom is -0.351 e. The Kier molecular flexibility index (Phi) is 4.93. The van der Waals surface area contributed by atoms with Crippen molar-refractivity contribution in [2.75, 3.05) is 13.1 Å². The van der Waals surface area contributed by atoms with Crippen LogP contribution in [0.5, 0.6) is 0 Å². The molecule has 1 aliphatic carbocycles. The molecule has 2 aliphatic rings. The third-order valence-corrected chi connectivity index (χ3v) is 7.24. The Morgan fingerprint density at radius 3 is 2.76 bits per heavy atom. The highest BCUT2D eigenvalue weighted by molar-refractivity contribution is 7.09. The first kappa shape index (κ1) is 18.5. The summed E-state index contributed by atoms with van der Waals surface area (Å²) in [6, 6.07) is 10.1. The lowest BCUT2D eigenvalue weighted by atomic mass is 9.90. The fourth-order valence-electron chi connectivity index (χ4n) is 4.52. The van der Waals surface area contributed by atoms with E-state index in [0.29, 0.717) is 12.5 Å². The number of nitrogens with one attached hydrogen (secondary N) is 1. The minimum absolute atomic E-state index is 0.200. The van der Waals surface area contributed by atoms with Gasteiger partial charge in [0.2, 0.25) is 11.9 Å². The Hall–Kier alpha value is -2.51. The molecular weight excluding hydrogens is 382 g/mol. The van der Waals surface area contributed by atoms with E-state index in [-0.39, 0.29) is 17.2 Å². The van der Waals surface area contributed by atoms with Crippen LogP contribution in [-0.4, -0.2) is 38.4 Å². The summed E-state index contributed by atoms with van der Waals surface area (Å²) in [6.07, 6.45) is 8.82. The summed E-state index contributed by atoms with van der Waals surface area (Å²) >= 11 is 1.69. The van der Waals surface area contributed by atoms with Crippen LogP contribution < -0.4 is 5.32 Å². The zero-order valence-electron chi connectivity index (χ0n) is 16.3. The largest absolute Gasteiger partial charge is 0.351 e. The third kappa shape index (κ3) is 3.84. The van der Waals surface area contributed by atoms with Gasteiger partial charge in [-0.15, -0.1) is 11.3 Å². The molecule has 1 N–H and O–H groups in total. The summed E-state index contributed by atoms with van der Waals surface area (Å²) in [4.78, 5) is 25.0. The van der Waals surface area contributed by atoms with Gasteiger partial charge in [0, 0.05) is 41.6 Å². The van der Waals surface area contributed by atoms with Crippen molar-refractivity contribution < 1.29 is 4.79 Å². The van der Waals surface area contributed by atoms with Crippen LogP contribution in [0.2, 0.25) is 0 Å². The van der Waals surface area contributed by atoms with Crippen molar-refractivity contribution in [1.82, 2.24) is 24.8 Å². The van der Waals surface area contributed by atoms with E-state index in [1.165, 1.54) is 10.6 Å². The molecule has 0 radical (unpaired) electrons. The molecule has 1 saturated heterocycles. The Morgan fingerprint density at radius 1 is 1.17 bits per heavy atom. The molecule has 3 aromatic rings. The minimum atomic E-state index is 0.200. The summed E-state index contributed by atoms with van der Waals surface area (Å²) in [7, 11) is 0. The number of rotatable bonds is 6. The fraction of sp³-hybridized carbons (Fsp3) is 0.409. The van der Waals surface area contributed by atoms with E-state index in [9.17, 15) is 4.79 Å². The molecule has 1 amide bonds. The molecular formula is C22H25N5OS. The average molecular weight is 408 g/mol. The molecule has 0 aromatic carbocycles. The lowest BCUT2D eigenvalue weighted by molar-refractivity contribution is -0.123. The molecule has 1 saturated carbocycles. The predicted molar refractivity (Wildman–Crippen MR) is 113 cm³/mol. The molecule has 7 heteroatoms. The second kappa shape index (κ2) is 7.72. The molecule has 1 unspecified atom stereocenters. The van der Waals surface area contributed by atoms with Crippen LogP contribution in [0.25, 0.3) is 5.95 Å². The fourth-order valence-corrected chi connectivity index (χ4v) is 5.17. The number of thiophene rings is 1. The van der Waals surface area contributed by atoms with Gasteiger partial charge in [0.15, 0.2) is 0 Å². The molecule has 5 rings (SSSR count). The number of piperidine rings is 1. The Bertz CT molecular complexity index is 960. The Labute approximate surface area is 174 Å². The quantitative estimate of drug-likeness (QED) is 0.681. The molecule has 150 valence electrons. The molecule has 3 aromatic heterocycles. The van der Waals surface area contributed by atoms with Crippen LogP contribution in [0.3, 0.4) is 0 Å². The molecule has 4 heterocycles. The highest BCUT2D eigenvalue weighted by Crippen LogP contribution is 2.59. The molecule has 1 aliphatic heterocycles. The van der Waals surface area contributed by atoms with Gasteiger partial charge in [0.25, 0.3) is 0 Å². The smallest absolute Gasteiger partial charge is 0.233 e. The number of likely N-dealkylation sites (tertiary alicyclic amines) is 1. The summed E-state index contributed by atoms with van der Waals surface area (Å²) in [5, 5.41) is 5.18. The first-order valence-corrected chi connectivity index (χ1v) is 11.1. The van der Waals surface area contributed by atoms with Gasteiger partial charge < -0.3 is 5.32 Å². The van der Waals surface area contributed by atoms with E-state index in [0.717, 1.165) is 38.9 Å². The molecule has 1 spiro atoms. The maximum atomic E-state index is 12.6. The normalized spacial score (nSPS) is 20.6. The topological polar surface area (TPSA) is 63.1 Å². The van der Waals surface area contributed by atoms with Crippen molar-refractivity contribution >= 4 is 17.2 Å². The van der Waals surface area contributed by atoms with Gasteiger partial charge >= 0.3 is 0 Å². The van der Waals surface area contributed by atoms with Gasteiger partial charge in [-0.3, -0.25) is 14.3 Å². The molecule has 0 bridgehead atoms. The van der Waals surface area contributed by atoms with Crippen molar-refractivity contribution in [3.05, 3.63) is 64.9 Å². The van der Waals surface area contributed by atoms with Crippen LogP contribution in [0.4, 0.5) is 0 Å². The first-order chi connectivity index (χ1) is 14.2. The number of hydrogen-bond donors (Lipinski definition) is 1. The molecule has 29 heavy (non-hydrogen) atoms. The number of nitrogens with zero attached hydrogens (tertiary/aromatic N) is 4. The van der Waals surface area contributed by atoms with E-state index in [1.807, 2.05) is 24.4 Å². The van der Waals surface area contributed by atoms with Crippen LogP contribution in [-0.2, 0) is 17.9 Å². The Balaban J connectivity index is 1.14. The summed E-state index contributed by atoms with van der Waals surface area (Å²) in [5.41, 5.74) is 1.44.